The van der Waals surface area contributed by atoms with E-state index < -0.39 is 5.91 Å². The maximum atomic E-state index is 10.5. The maximum Gasteiger partial charge on any atom is 0.306 e. The van der Waals surface area contributed by atoms with Gasteiger partial charge in [0.1, 0.15) is 0 Å². The number of carbonyl (C=O) groups is 1. The van der Waals surface area contributed by atoms with Gasteiger partial charge in [-0.25, -0.2) is 0 Å². The van der Waals surface area contributed by atoms with E-state index in [2.05, 4.69) is 20.4 Å². The number of carbonyl (C=O) groups excluding carboxylic acids is 1. The predicted octanol–water partition coefficient (Wildman–Crippen LogP) is 0.967. The van der Waals surface area contributed by atoms with Crippen molar-refractivity contribution in [2.45, 2.75) is 0 Å². The molecular weight excluding hydrogens is 258 g/mol. The zero-order chi connectivity index (χ0) is 12.8. The molecule has 3 aromatic rings. The van der Waals surface area contributed by atoms with Gasteiger partial charge in [0.15, 0.2) is 0 Å². The summed E-state index contributed by atoms with van der Waals surface area (Å²) in [4.78, 5) is 10.5. The summed E-state index contributed by atoms with van der Waals surface area (Å²) in [5, 5.41) is 17.8. The highest BCUT2D eigenvalue weighted by atomic mass is 32.1. The van der Waals surface area contributed by atoms with E-state index in [4.69, 9.17) is 14.6 Å². The number of amides is 1. The summed E-state index contributed by atoms with van der Waals surface area (Å²) in [6.45, 7) is 0. The van der Waals surface area contributed by atoms with Crippen molar-refractivity contribution in [1.29, 1.82) is 0 Å². The largest absolute Gasteiger partial charge is 0.420 e. The number of primary amides is 1. The van der Waals surface area contributed by atoms with Gasteiger partial charge < -0.3 is 14.6 Å². The molecule has 1 amide bonds. The molecule has 0 saturated carbocycles. The number of aromatic nitrogens is 4. The smallest absolute Gasteiger partial charge is 0.306 e. The molecule has 0 atom stereocenters. The van der Waals surface area contributed by atoms with Crippen molar-refractivity contribution in [3.63, 3.8) is 0 Å². The highest BCUT2D eigenvalue weighted by Crippen LogP contribution is 2.12. The number of nitrogens with zero attached hydrogens (tertiary/aromatic N) is 4. The maximum absolute atomic E-state index is 10.5. The first-order chi connectivity index (χ1) is 8.77. The molecule has 0 aliphatic carbocycles. The van der Waals surface area contributed by atoms with Crippen LogP contribution >= 0.6 is 11.3 Å². The minimum Gasteiger partial charge on any atom is -0.420 e. The van der Waals surface area contributed by atoms with Crippen LogP contribution in [0.15, 0.2) is 38.1 Å². The second-order valence-electron chi connectivity index (χ2n) is 2.81. The Hall–Kier alpha value is -2.55. The lowest BCUT2D eigenvalue weighted by Crippen LogP contribution is -2.10. The third kappa shape index (κ3) is 2.98. The van der Waals surface area contributed by atoms with Crippen LogP contribution in [0.1, 0.15) is 10.7 Å². The number of hydrogen-bond acceptors (Lipinski definition) is 8. The molecule has 0 unspecified atom stereocenters. The Morgan fingerprint density at radius 1 is 1.17 bits per heavy atom. The first kappa shape index (κ1) is 11.9. The quantitative estimate of drug-likeness (QED) is 0.732. The molecule has 92 valence electrons. The van der Waals surface area contributed by atoms with Gasteiger partial charge in [-0.3, -0.25) is 4.79 Å². The van der Waals surface area contributed by atoms with E-state index in [1.54, 1.807) is 11.3 Å². The van der Waals surface area contributed by atoms with Gasteiger partial charge in [-0.05, 0) is 10.8 Å². The first-order valence-corrected chi connectivity index (χ1v) is 5.58. The molecule has 2 N–H and O–H groups in total. The average molecular weight is 265 g/mol. The molecule has 18 heavy (non-hydrogen) atoms. The van der Waals surface area contributed by atoms with Gasteiger partial charge in [0.2, 0.25) is 6.39 Å². The van der Waals surface area contributed by atoms with Gasteiger partial charge in [-0.2, -0.15) is 11.3 Å². The van der Waals surface area contributed by atoms with E-state index in [0.717, 1.165) is 6.39 Å². The van der Waals surface area contributed by atoms with E-state index in [9.17, 15) is 4.79 Å². The van der Waals surface area contributed by atoms with Gasteiger partial charge in [0.25, 0.3) is 0 Å². The second-order valence-corrected chi connectivity index (χ2v) is 3.63. The molecule has 0 saturated heterocycles. The molecule has 0 radical (unpaired) electrons. The fraction of sp³-hybridized carbons (Fsp3) is 0. The first-order valence-electron chi connectivity index (χ1n) is 4.64. The van der Waals surface area contributed by atoms with Gasteiger partial charge in [0, 0.05) is 0 Å². The molecule has 0 aromatic carbocycles. The van der Waals surface area contributed by atoms with Crippen molar-refractivity contribution in [3.05, 3.63) is 35.2 Å². The van der Waals surface area contributed by atoms with E-state index in [1.807, 2.05) is 22.9 Å². The molecule has 0 bridgehead atoms. The van der Waals surface area contributed by atoms with Crippen molar-refractivity contribution < 1.29 is 13.6 Å². The lowest BCUT2D eigenvalue weighted by molar-refractivity contribution is 0.0967. The van der Waals surface area contributed by atoms with Crippen LogP contribution in [0.25, 0.3) is 11.8 Å². The van der Waals surface area contributed by atoms with Gasteiger partial charge >= 0.3 is 23.6 Å². The molecule has 3 rings (SSSR count). The molecule has 8 nitrogen and oxygen atoms in total. The van der Waals surface area contributed by atoms with Gasteiger partial charge in [-0.15, -0.1) is 20.4 Å². The van der Waals surface area contributed by atoms with Crippen molar-refractivity contribution in [2.24, 2.45) is 5.73 Å². The monoisotopic (exact) mass is 265 g/mol. The number of thiophene rings is 1. The topological polar surface area (TPSA) is 121 Å². The summed E-state index contributed by atoms with van der Waals surface area (Å²) in [6.07, 6.45) is 1.10. The third-order valence-corrected chi connectivity index (χ3v) is 2.23. The molecule has 3 heterocycles. The zero-order valence-corrected chi connectivity index (χ0v) is 9.70. The summed E-state index contributed by atoms with van der Waals surface area (Å²) in [7, 11) is 0. The van der Waals surface area contributed by atoms with Gasteiger partial charge in [0.05, 0.1) is 0 Å². The van der Waals surface area contributed by atoms with E-state index in [1.165, 1.54) is 0 Å². The molecule has 0 fully saturated rings. The lowest BCUT2D eigenvalue weighted by Gasteiger charge is -1.81. The average Bonchev–Trinajstić information content (AvgIpc) is 3.14. The number of nitrogens with two attached hydrogens (primary N) is 1. The Labute approximate surface area is 104 Å². The Bertz CT molecular complexity index is 572. The highest BCUT2D eigenvalue weighted by molar-refractivity contribution is 7.07. The van der Waals surface area contributed by atoms with E-state index >= 15 is 0 Å². The number of rotatable bonds is 2. The fourth-order valence-electron chi connectivity index (χ4n) is 0.902. The summed E-state index contributed by atoms with van der Waals surface area (Å²) in [5.41, 5.74) is 4.88. The summed E-state index contributed by atoms with van der Waals surface area (Å²) in [6, 6.07) is 4.04. The minimum atomic E-state index is -0.807. The third-order valence-electron chi connectivity index (χ3n) is 1.60. The Kier molecular flexibility index (Phi) is 3.76. The van der Waals surface area contributed by atoms with E-state index in [-0.39, 0.29) is 17.7 Å². The Balaban J connectivity index is 0.000000202. The lowest BCUT2D eigenvalue weighted by atomic mass is 10.6. The summed E-state index contributed by atoms with van der Waals surface area (Å²) >= 11 is 1.71. The molecule has 0 spiro atoms. The SMILES string of the molecule is NC(=O)c1nnc(-c2nnco2)o1.c1ccsc1. The molecule has 0 aliphatic heterocycles. The van der Waals surface area contributed by atoms with Crippen LogP contribution in [0.5, 0.6) is 0 Å². The highest BCUT2D eigenvalue weighted by Gasteiger charge is 2.15. The molecule has 0 aliphatic rings. The van der Waals surface area contributed by atoms with Crippen LogP contribution in [0.2, 0.25) is 0 Å². The van der Waals surface area contributed by atoms with Crippen LogP contribution < -0.4 is 5.73 Å². The van der Waals surface area contributed by atoms with Crippen molar-refractivity contribution >= 4 is 17.2 Å². The Morgan fingerprint density at radius 2 is 1.94 bits per heavy atom. The Morgan fingerprint density at radius 3 is 2.39 bits per heavy atom. The predicted molar refractivity (Wildman–Crippen MR) is 60.4 cm³/mol. The summed E-state index contributed by atoms with van der Waals surface area (Å²) in [5.74, 6) is -1.10. The molecular formula is C9H7N5O3S. The summed E-state index contributed by atoms with van der Waals surface area (Å²) < 4.78 is 9.54. The molecule has 3 aromatic heterocycles. The van der Waals surface area contributed by atoms with E-state index in [0.29, 0.717) is 0 Å². The van der Waals surface area contributed by atoms with Crippen LogP contribution in [0.4, 0.5) is 0 Å². The number of hydrogen-bond donors (Lipinski definition) is 1. The van der Waals surface area contributed by atoms with Crippen LogP contribution in [0, 0.1) is 0 Å². The van der Waals surface area contributed by atoms with Crippen LogP contribution in [0.3, 0.4) is 0 Å². The van der Waals surface area contributed by atoms with Crippen molar-refractivity contribution in [2.75, 3.05) is 0 Å². The molecule has 9 heteroatoms. The van der Waals surface area contributed by atoms with Gasteiger partial charge in [-0.1, -0.05) is 12.1 Å². The fourth-order valence-corrected chi connectivity index (χ4v) is 1.36. The zero-order valence-electron chi connectivity index (χ0n) is 8.89. The van der Waals surface area contributed by atoms with Crippen LogP contribution in [-0.4, -0.2) is 26.3 Å². The minimum absolute atomic E-state index is 0.0358. The standard InChI is InChI=1S/C5H3N5O3.C4H4S/c6-2(11)3-9-10-5(13-3)4-8-7-1-12-4;1-2-4-5-3-1/h1H,(H2,6,11);1-4H. The van der Waals surface area contributed by atoms with Crippen molar-refractivity contribution in [1.82, 2.24) is 20.4 Å². The normalized spacial score (nSPS) is 9.56. The second kappa shape index (κ2) is 5.68. The van der Waals surface area contributed by atoms with Crippen molar-refractivity contribution in [3.8, 4) is 11.8 Å². The van der Waals surface area contributed by atoms with Crippen LogP contribution in [-0.2, 0) is 0 Å².